The minimum atomic E-state index is -3.10. The summed E-state index contributed by atoms with van der Waals surface area (Å²) in [5, 5.41) is 0. The van der Waals surface area contributed by atoms with Gasteiger partial charge < -0.3 is 4.74 Å². The van der Waals surface area contributed by atoms with Crippen LogP contribution >= 0.6 is 26.7 Å². The number of hydrogen-bond acceptors (Lipinski definition) is 5. The molecule has 17 heavy (non-hydrogen) atoms. The van der Waals surface area contributed by atoms with Crippen LogP contribution in [0.1, 0.15) is 10.4 Å². The highest BCUT2D eigenvalue weighted by molar-refractivity contribution is 9.10. The Morgan fingerprint density at radius 1 is 1.47 bits per heavy atom. The van der Waals surface area contributed by atoms with Crippen molar-refractivity contribution in [2.45, 2.75) is 6.10 Å². The Kier molecular flexibility index (Phi) is 3.79. The molecule has 1 fully saturated rings. The van der Waals surface area contributed by atoms with Crippen molar-refractivity contribution in [3.8, 4) is 0 Å². The summed E-state index contributed by atoms with van der Waals surface area (Å²) >= 11 is 3.25. The summed E-state index contributed by atoms with van der Waals surface area (Å²) in [6, 6.07) is 6.79. The van der Waals surface area contributed by atoms with Crippen LogP contribution in [0.2, 0.25) is 0 Å². The lowest BCUT2D eigenvalue weighted by Crippen LogP contribution is -2.21. The molecule has 1 aliphatic heterocycles. The Morgan fingerprint density at radius 2 is 2.24 bits per heavy atom. The summed E-state index contributed by atoms with van der Waals surface area (Å²) in [6.45, 7) is 0. The van der Waals surface area contributed by atoms with Gasteiger partial charge in [-0.15, -0.1) is 0 Å². The van der Waals surface area contributed by atoms with E-state index in [0.29, 0.717) is 11.3 Å². The molecule has 0 saturated carbocycles. The van der Waals surface area contributed by atoms with Crippen molar-refractivity contribution < 1.29 is 17.9 Å². The van der Waals surface area contributed by atoms with E-state index in [-0.39, 0.29) is 5.75 Å². The summed E-state index contributed by atoms with van der Waals surface area (Å²) in [7, 11) is -2.27. The molecule has 0 amide bonds. The maximum absolute atomic E-state index is 11.7. The molecule has 7 heteroatoms. The third-order valence-electron chi connectivity index (χ3n) is 2.16. The predicted octanol–water partition coefficient (Wildman–Crippen LogP) is 2.05. The van der Waals surface area contributed by atoms with Gasteiger partial charge in [-0.05, 0) is 29.0 Å². The van der Waals surface area contributed by atoms with E-state index in [2.05, 4.69) is 15.9 Å². The number of halogens is 1. The lowest BCUT2D eigenvalue weighted by molar-refractivity contribution is 0.0396. The third-order valence-corrected chi connectivity index (χ3v) is 6.19. The van der Waals surface area contributed by atoms with Crippen molar-refractivity contribution in [3.63, 3.8) is 0 Å². The van der Waals surface area contributed by atoms with Crippen LogP contribution in [0.3, 0.4) is 0 Å². The highest BCUT2D eigenvalue weighted by atomic mass is 79.9. The quantitative estimate of drug-likeness (QED) is 0.611. The highest BCUT2D eigenvalue weighted by Crippen LogP contribution is 2.26. The first-order valence-corrected chi connectivity index (χ1v) is 8.75. The van der Waals surface area contributed by atoms with Gasteiger partial charge in [-0.25, -0.2) is 13.2 Å². The molecule has 0 aliphatic carbocycles. The Bertz CT molecular complexity index is 541. The molecular formula is C10H9BrO4S2. The molecule has 0 spiro atoms. The molecule has 1 heterocycles. The number of carbonyl (C=O) groups is 1. The highest BCUT2D eigenvalue weighted by Gasteiger charge is 2.31. The van der Waals surface area contributed by atoms with Crippen LogP contribution in [0.4, 0.5) is 0 Å². The van der Waals surface area contributed by atoms with Gasteiger partial charge in [-0.3, -0.25) is 0 Å². The fourth-order valence-electron chi connectivity index (χ4n) is 1.41. The summed E-state index contributed by atoms with van der Waals surface area (Å²) < 4.78 is 28.3. The standard InChI is InChI=1S/C10H9BrO4S2/c11-8-3-1-2-7(4-8)10(12)15-9-5-16-17(13,14)6-9/h1-4,9H,5-6H2. The van der Waals surface area contributed by atoms with Gasteiger partial charge in [0.15, 0.2) is 0 Å². The van der Waals surface area contributed by atoms with Crippen molar-refractivity contribution in [1.29, 1.82) is 0 Å². The first kappa shape index (κ1) is 12.9. The number of ether oxygens (including phenoxy) is 1. The Balaban J connectivity index is 2.03. The summed E-state index contributed by atoms with van der Waals surface area (Å²) in [5.41, 5.74) is 0.411. The van der Waals surface area contributed by atoms with Crippen LogP contribution in [-0.2, 0) is 13.6 Å². The molecule has 2 rings (SSSR count). The van der Waals surface area contributed by atoms with Crippen molar-refractivity contribution >= 4 is 41.6 Å². The average Bonchev–Trinajstić information content (AvgIpc) is 2.58. The van der Waals surface area contributed by atoms with Crippen LogP contribution in [-0.4, -0.2) is 32.0 Å². The first-order chi connectivity index (χ1) is 7.96. The Morgan fingerprint density at radius 3 is 2.82 bits per heavy atom. The maximum Gasteiger partial charge on any atom is 0.338 e. The van der Waals surface area contributed by atoms with Crippen molar-refractivity contribution in [3.05, 3.63) is 34.3 Å². The molecule has 1 aromatic carbocycles. The number of rotatable bonds is 2. The Hall–Kier alpha value is -0.530. The lowest BCUT2D eigenvalue weighted by Gasteiger charge is -2.09. The van der Waals surface area contributed by atoms with E-state index in [1.165, 1.54) is 0 Å². The zero-order chi connectivity index (χ0) is 12.5. The van der Waals surface area contributed by atoms with Gasteiger partial charge in [0.25, 0.3) is 0 Å². The molecule has 0 radical (unpaired) electrons. The van der Waals surface area contributed by atoms with Gasteiger partial charge in [0.1, 0.15) is 6.10 Å². The van der Waals surface area contributed by atoms with E-state index in [9.17, 15) is 13.2 Å². The maximum atomic E-state index is 11.7. The van der Waals surface area contributed by atoms with Crippen LogP contribution in [0, 0.1) is 0 Å². The molecule has 0 bridgehead atoms. The minimum Gasteiger partial charge on any atom is -0.457 e. The van der Waals surface area contributed by atoms with Gasteiger partial charge in [-0.2, -0.15) is 0 Å². The topological polar surface area (TPSA) is 60.4 Å². The van der Waals surface area contributed by atoms with Gasteiger partial charge >= 0.3 is 5.97 Å². The van der Waals surface area contributed by atoms with E-state index in [4.69, 9.17) is 4.74 Å². The summed E-state index contributed by atoms with van der Waals surface area (Å²) in [6.07, 6.45) is -0.545. The fourth-order valence-corrected chi connectivity index (χ4v) is 5.06. The predicted molar refractivity (Wildman–Crippen MR) is 69.6 cm³/mol. The second-order valence-corrected chi connectivity index (χ2v) is 8.71. The molecule has 1 unspecified atom stereocenters. The molecule has 92 valence electrons. The van der Waals surface area contributed by atoms with Crippen LogP contribution in [0.25, 0.3) is 0 Å². The molecule has 0 aromatic heterocycles. The molecule has 4 nitrogen and oxygen atoms in total. The average molecular weight is 337 g/mol. The molecule has 1 atom stereocenters. The minimum absolute atomic E-state index is 0.0998. The van der Waals surface area contributed by atoms with Crippen LogP contribution in [0.15, 0.2) is 28.7 Å². The summed E-state index contributed by atoms with van der Waals surface area (Å²) in [5.74, 6) is -0.284. The van der Waals surface area contributed by atoms with E-state index in [1.54, 1.807) is 24.3 Å². The number of esters is 1. The zero-order valence-corrected chi connectivity index (χ0v) is 11.8. The third kappa shape index (κ3) is 3.46. The SMILES string of the molecule is O=C(OC1CSS(=O)(=O)C1)c1cccc(Br)c1. The number of carbonyl (C=O) groups excluding carboxylic acids is 1. The number of hydrogen-bond donors (Lipinski definition) is 0. The van der Waals surface area contributed by atoms with Crippen LogP contribution < -0.4 is 0 Å². The Labute approximate surface area is 111 Å². The number of benzene rings is 1. The van der Waals surface area contributed by atoms with E-state index >= 15 is 0 Å². The van der Waals surface area contributed by atoms with Gasteiger partial charge in [0.2, 0.25) is 8.87 Å². The second kappa shape index (κ2) is 4.99. The van der Waals surface area contributed by atoms with Gasteiger partial charge in [0, 0.05) is 10.2 Å². The van der Waals surface area contributed by atoms with Gasteiger partial charge in [-0.1, -0.05) is 22.0 Å². The van der Waals surface area contributed by atoms with E-state index in [0.717, 1.165) is 15.3 Å². The smallest absolute Gasteiger partial charge is 0.338 e. The molecular weight excluding hydrogens is 328 g/mol. The monoisotopic (exact) mass is 336 g/mol. The normalized spacial score (nSPS) is 22.3. The molecule has 1 aromatic rings. The fraction of sp³-hybridized carbons (Fsp3) is 0.300. The molecule has 0 N–H and O–H groups in total. The second-order valence-electron chi connectivity index (χ2n) is 3.55. The zero-order valence-electron chi connectivity index (χ0n) is 8.63. The first-order valence-electron chi connectivity index (χ1n) is 4.80. The van der Waals surface area contributed by atoms with Crippen molar-refractivity contribution in [2.24, 2.45) is 0 Å². The van der Waals surface area contributed by atoms with Crippen LogP contribution in [0.5, 0.6) is 0 Å². The summed E-state index contributed by atoms with van der Waals surface area (Å²) in [4.78, 5) is 11.7. The van der Waals surface area contributed by atoms with Crippen molar-refractivity contribution in [1.82, 2.24) is 0 Å². The van der Waals surface area contributed by atoms with E-state index in [1.807, 2.05) is 0 Å². The largest absolute Gasteiger partial charge is 0.457 e. The van der Waals surface area contributed by atoms with E-state index < -0.39 is 20.9 Å². The van der Waals surface area contributed by atoms with Gasteiger partial charge in [0.05, 0.1) is 11.3 Å². The molecule has 1 saturated heterocycles. The molecule has 1 aliphatic rings. The van der Waals surface area contributed by atoms with Crippen molar-refractivity contribution in [2.75, 3.05) is 11.5 Å². The lowest BCUT2D eigenvalue weighted by atomic mass is 10.2.